The van der Waals surface area contributed by atoms with Gasteiger partial charge in [0.05, 0.1) is 10.7 Å². The second-order valence-electron chi connectivity index (χ2n) is 6.11. The summed E-state index contributed by atoms with van der Waals surface area (Å²) < 4.78 is 15.8. The number of aromatic nitrogens is 2. The lowest BCUT2D eigenvalue weighted by atomic mass is 10.1. The van der Waals surface area contributed by atoms with E-state index in [-0.39, 0.29) is 19.1 Å². The standard InChI is InChI=1S/C19H16ClN3O4/c1-11-2-4-12(5-3-11)19-22-18(27-23-19)7-6-17(24)21-14-9-16-15(8-13(14)20)25-10-26-16/h2-5,8-9H,6-7,10H2,1H3,(H,21,24). The quantitative estimate of drug-likeness (QED) is 0.714. The Labute approximate surface area is 160 Å². The van der Waals surface area contributed by atoms with Crippen LogP contribution in [0.3, 0.4) is 0 Å². The molecule has 1 aliphatic heterocycles. The third kappa shape index (κ3) is 3.88. The molecule has 1 N–H and O–H groups in total. The van der Waals surface area contributed by atoms with Gasteiger partial charge in [0.25, 0.3) is 0 Å². The molecule has 8 heteroatoms. The van der Waals surface area contributed by atoms with Crippen molar-refractivity contribution in [2.75, 3.05) is 12.1 Å². The molecule has 1 aromatic heterocycles. The van der Waals surface area contributed by atoms with Gasteiger partial charge in [-0.2, -0.15) is 4.98 Å². The van der Waals surface area contributed by atoms with Gasteiger partial charge in [0, 0.05) is 30.5 Å². The van der Waals surface area contributed by atoms with Gasteiger partial charge in [-0.25, -0.2) is 0 Å². The number of benzene rings is 2. The minimum atomic E-state index is -0.217. The zero-order valence-electron chi connectivity index (χ0n) is 14.5. The van der Waals surface area contributed by atoms with Crippen molar-refractivity contribution in [3.05, 3.63) is 52.9 Å². The summed E-state index contributed by atoms with van der Waals surface area (Å²) in [5.74, 6) is 1.80. The molecule has 0 fully saturated rings. The van der Waals surface area contributed by atoms with Crippen LogP contribution in [-0.2, 0) is 11.2 Å². The van der Waals surface area contributed by atoms with Crippen molar-refractivity contribution in [3.63, 3.8) is 0 Å². The highest BCUT2D eigenvalue weighted by atomic mass is 35.5. The first-order valence-electron chi connectivity index (χ1n) is 8.37. The van der Waals surface area contributed by atoms with E-state index in [2.05, 4.69) is 15.5 Å². The highest BCUT2D eigenvalue weighted by Gasteiger charge is 2.18. The summed E-state index contributed by atoms with van der Waals surface area (Å²) >= 11 is 6.16. The molecule has 7 nitrogen and oxygen atoms in total. The third-order valence-electron chi connectivity index (χ3n) is 4.08. The van der Waals surface area contributed by atoms with Crippen LogP contribution in [0.1, 0.15) is 17.9 Å². The Bertz CT molecular complexity index is 985. The van der Waals surface area contributed by atoms with Crippen molar-refractivity contribution in [3.8, 4) is 22.9 Å². The van der Waals surface area contributed by atoms with E-state index in [9.17, 15) is 4.79 Å². The van der Waals surface area contributed by atoms with Crippen molar-refractivity contribution >= 4 is 23.2 Å². The zero-order chi connectivity index (χ0) is 18.8. The molecule has 2 aromatic carbocycles. The Balaban J connectivity index is 1.37. The van der Waals surface area contributed by atoms with Gasteiger partial charge < -0.3 is 19.3 Å². The summed E-state index contributed by atoms with van der Waals surface area (Å²) in [4.78, 5) is 16.6. The SMILES string of the molecule is Cc1ccc(-c2noc(CCC(=O)Nc3cc4c(cc3Cl)OCO4)n2)cc1. The first-order valence-corrected chi connectivity index (χ1v) is 8.75. The number of carbonyl (C=O) groups excluding carboxylic acids is 1. The largest absolute Gasteiger partial charge is 0.454 e. The Kier molecular flexibility index (Phi) is 4.68. The summed E-state index contributed by atoms with van der Waals surface area (Å²) in [5.41, 5.74) is 2.49. The average Bonchev–Trinajstić information content (AvgIpc) is 3.30. The minimum Gasteiger partial charge on any atom is -0.454 e. The van der Waals surface area contributed by atoms with E-state index in [1.165, 1.54) is 0 Å². The lowest BCUT2D eigenvalue weighted by molar-refractivity contribution is -0.116. The molecule has 0 spiro atoms. The maximum Gasteiger partial charge on any atom is 0.231 e. The molecule has 138 valence electrons. The molecule has 0 saturated carbocycles. The van der Waals surface area contributed by atoms with Gasteiger partial charge in [0.1, 0.15) is 0 Å². The fraction of sp³-hybridized carbons (Fsp3) is 0.211. The Morgan fingerprint density at radius 2 is 1.93 bits per heavy atom. The van der Waals surface area contributed by atoms with Crippen LogP contribution in [0.25, 0.3) is 11.4 Å². The smallest absolute Gasteiger partial charge is 0.231 e. The number of nitrogens with one attached hydrogen (secondary N) is 1. The molecule has 1 amide bonds. The molecule has 0 unspecified atom stereocenters. The molecule has 2 heterocycles. The Morgan fingerprint density at radius 1 is 1.19 bits per heavy atom. The third-order valence-corrected chi connectivity index (χ3v) is 4.39. The van der Waals surface area contributed by atoms with Gasteiger partial charge >= 0.3 is 0 Å². The molecule has 0 aliphatic carbocycles. The van der Waals surface area contributed by atoms with Crippen LogP contribution >= 0.6 is 11.6 Å². The van der Waals surface area contributed by atoms with E-state index in [0.717, 1.165) is 11.1 Å². The first-order chi connectivity index (χ1) is 13.1. The van der Waals surface area contributed by atoms with Crippen molar-refractivity contribution in [1.82, 2.24) is 10.1 Å². The maximum atomic E-state index is 12.2. The molecule has 27 heavy (non-hydrogen) atoms. The van der Waals surface area contributed by atoms with Crippen LogP contribution in [0.5, 0.6) is 11.5 Å². The minimum absolute atomic E-state index is 0.142. The van der Waals surface area contributed by atoms with Crippen LogP contribution < -0.4 is 14.8 Å². The van der Waals surface area contributed by atoms with E-state index in [1.54, 1.807) is 12.1 Å². The highest BCUT2D eigenvalue weighted by molar-refractivity contribution is 6.34. The monoisotopic (exact) mass is 385 g/mol. The van der Waals surface area contributed by atoms with Gasteiger partial charge in [-0.15, -0.1) is 0 Å². The van der Waals surface area contributed by atoms with Crippen LogP contribution in [0.15, 0.2) is 40.9 Å². The van der Waals surface area contributed by atoms with E-state index >= 15 is 0 Å². The topological polar surface area (TPSA) is 86.5 Å². The van der Waals surface area contributed by atoms with Crippen molar-refractivity contribution in [2.45, 2.75) is 19.8 Å². The van der Waals surface area contributed by atoms with E-state index in [0.29, 0.717) is 40.3 Å². The molecule has 0 bridgehead atoms. The maximum absolute atomic E-state index is 12.2. The molecule has 0 atom stereocenters. The molecule has 1 aliphatic rings. The normalized spacial score (nSPS) is 12.2. The van der Waals surface area contributed by atoms with Crippen LogP contribution in [-0.4, -0.2) is 22.8 Å². The predicted octanol–water partition coefficient (Wildman–Crippen LogP) is 4.00. The number of ether oxygens (including phenoxy) is 2. The number of nitrogens with zero attached hydrogens (tertiary/aromatic N) is 2. The number of halogens is 1. The summed E-state index contributed by atoms with van der Waals surface area (Å²) in [6, 6.07) is 11.1. The van der Waals surface area contributed by atoms with Gasteiger partial charge in [-0.05, 0) is 6.92 Å². The van der Waals surface area contributed by atoms with Gasteiger partial charge in [0.15, 0.2) is 11.5 Å². The van der Waals surface area contributed by atoms with Gasteiger partial charge in [0.2, 0.25) is 24.4 Å². The number of anilines is 1. The molecular weight excluding hydrogens is 370 g/mol. The zero-order valence-corrected chi connectivity index (χ0v) is 15.2. The van der Waals surface area contributed by atoms with Crippen molar-refractivity contribution < 1.29 is 18.8 Å². The van der Waals surface area contributed by atoms with Gasteiger partial charge in [-0.1, -0.05) is 46.6 Å². The van der Waals surface area contributed by atoms with E-state index < -0.39 is 0 Å². The van der Waals surface area contributed by atoms with E-state index in [1.807, 2.05) is 31.2 Å². The Hall–Kier alpha value is -3.06. The fourth-order valence-corrected chi connectivity index (χ4v) is 2.82. The summed E-state index contributed by atoms with van der Waals surface area (Å²) in [6.45, 7) is 2.15. The van der Waals surface area contributed by atoms with Crippen molar-refractivity contribution in [2.24, 2.45) is 0 Å². The number of hydrogen-bond acceptors (Lipinski definition) is 6. The highest BCUT2D eigenvalue weighted by Crippen LogP contribution is 2.39. The average molecular weight is 386 g/mol. The number of hydrogen-bond donors (Lipinski definition) is 1. The lowest BCUT2D eigenvalue weighted by Crippen LogP contribution is -2.12. The summed E-state index contributed by atoms with van der Waals surface area (Å²) in [7, 11) is 0. The Morgan fingerprint density at radius 3 is 2.70 bits per heavy atom. The van der Waals surface area contributed by atoms with Gasteiger partial charge in [-0.3, -0.25) is 4.79 Å². The second kappa shape index (κ2) is 7.28. The number of amides is 1. The molecule has 0 saturated heterocycles. The summed E-state index contributed by atoms with van der Waals surface area (Å²) in [5, 5.41) is 7.10. The molecule has 4 rings (SSSR count). The van der Waals surface area contributed by atoms with Crippen LogP contribution in [0.4, 0.5) is 5.69 Å². The number of rotatable bonds is 5. The van der Waals surface area contributed by atoms with Crippen LogP contribution in [0, 0.1) is 6.92 Å². The van der Waals surface area contributed by atoms with Crippen molar-refractivity contribution in [1.29, 1.82) is 0 Å². The lowest BCUT2D eigenvalue weighted by Gasteiger charge is -2.07. The molecule has 3 aromatic rings. The second-order valence-corrected chi connectivity index (χ2v) is 6.52. The van der Waals surface area contributed by atoms with Crippen LogP contribution in [0.2, 0.25) is 5.02 Å². The van der Waals surface area contributed by atoms with E-state index in [4.69, 9.17) is 25.6 Å². The summed E-state index contributed by atoms with van der Waals surface area (Å²) in [6.07, 6.45) is 0.507. The predicted molar refractivity (Wildman–Crippen MR) is 99.0 cm³/mol. The molecular formula is C19H16ClN3O4. The number of carbonyl (C=O) groups is 1. The molecule has 0 radical (unpaired) electrons. The first kappa shape index (κ1) is 17.4. The number of fused-ring (bicyclic) bond motifs is 1. The fourth-order valence-electron chi connectivity index (χ4n) is 2.62. The number of aryl methyl sites for hydroxylation is 2.